The number of amidine groups is 1. The normalized spacial score (nSPS) is 18.6. The van der Waals surface area contributed by atoms with Gasteiger partial charge in [-0.05, 0) is 31.9 Å². The van der Waals surface area contributed by atoms with Crippen LogP contribution in [0.3, 0.4) is 0 Å². The Balaban J connectivity index is 2.26. The lowest BCUT2D eigenvalue weighted by molar-refractivity contribution is -0.123. The first kappa shape index (κ1) is 14.3. The average molecular weight is 276 g/mol. The summed E-state index contributed by atoms with van der Waals surface area (Å²) in [4.78, 5) is 16.8. The number of nitrogens with one attached hydrogen (secondary N) is 1. The SMILES string of the molecule is Cc1ncccc1NC(=O)C1(C(N)=NO)CCCCC1. The number of nitrogens with zero attached hydrogens (tertiary/aromatic N) is 2. The lowest BCUT2D eigenvalue weighted by Crippen LogP contribution is -2.48. The van der Waals surface area contributed by atoms with Gasteiger partial charge in [0.25, 0.3) is 0 Å². The van der Waals surface area contributed by atoms with Crippen LogP contribution in [-0.2, 0) is 4.79 Å². The molecule has 0 bridgehead atoms. The summed E-state index contributed by atoms with van der Waals surface area (Å²) in [5.74, 6) is -0.222. The molecule has 1 aromatic heterocycles. The topological polar surface area (TPSA) is 101 Å². The summed E-state index contributed by atoms with van der Waals surface area (Å²) in [6.07, 6.45) is 5.75. The second-order valence-corrected chi connectivity index (χ2v) is 5.22. The van der Waals surface area contributed by atoms with E-state index in [0.717, 1.165) is 25.0 Å². The predicted octanol–water partition coefficient (Wildman–Crippen LogP) is 2.03. The third-order valence-electron chi connectivity index (χ3n) is 3.99. The fourth-order valence-electron chi connectivity index (χ4n) is 2.71. The van der Waals surface area contributed by atoms with E-state index in [1.807, 2.05) is 6.92 Å². The van der Waals surface area contributed by atoms with Crippen LogP contribution in [-0.4, -0.2) is 21.9 Å². The number of rotatable bonds is 3. The fourth-order valence-corrected chi connectivity index (χ4v) is 2.71. The molecule has 1 saturated carbocycles. The van der Waals surface area contributed by atoms with Crippen LogP contribution in [0.25, 0.3) is 0 Å². The monoisotopic (exact) mass is 276 g/mol. The van der Waals surface area contributed by atoms with Gasteiger partial charge in [-0.1, -0.05) is 24.4 Å². The summed E-state index contributed by atoms with van der Waals surface area (Å²) in [5.41, 5.74) is 6.29. The summed E-state index contributed by atoms with van der Waals surface area (Å²) in [7, 11) is 0. The van der Waals surface area contributed by atoms with Crippen LogP contribution in [0.5, 0.6) is 0 Å². The summed E-state index contributed by atoms with van der Waals surface area (Å²) in [6.45, 7) is 1.83. The zero-order valence-corrected chi connectivity index (χ0v) is 11.6. The van der Waals surface area contributed by atoms with Crippen LogP contribution in [0.2, 0.25) is 0 Å². The van der Waals surface area contributed by atoms with Gasteiger partial charge in [-0.15, -0.1) is 0 Å². The molecule has 0 atom stereocenters. The zero-order chi connectivity index (χ0) is 14.6. The molecule has 1 fully saturated rings. The maximum Gasteiger partial charge on any atom is 0.238 e. The summed E-state index contributed by atoms with van der Waals surface area (Å²) >= 11 is 0. The van der Waals surface area contributed by atoms with Crippen molar-refractivity contribution in [1.29, 1.82) is 0 Å². The van der Waals surface area contributed by atoms with Gasteiger partial charge in [-0.25, -0.2) is 0 Å². The van der Waals surface area contributed by atoms with E-state index in [9.17, 15) is 4.79 Å². The van der Waals surface area contributed by atoms with Gasteiger partial charge < -0.3 is 16.3 Å². The summed E-state index contributed by atoms with van der Waals surface area (Å²) in [6, 6.07) is 3.56. The molecule has 0 aliphatic heterocycles. The Morgan fingerprint density at radius 2 is 2.15 bits per heavy atom. The largest absolute Gasteiger partial charge is 0.409 e. The standard InChI is InChI=1S/C14H20N4O2/c1-10-11(6-5-9-16-10)17-13(19)14(12(15)18-20)7-3-2-4-8-14/h5-6,9,20H,2-4,7-8H2,1H3,(H2,15,18)(H,17,19). The number of aromatic nitrogens is 1. The Morgan fingerprint density at radius 1 is 1.45 bits per heavy atom. The highest BCUT2D eigenvalue weighted by molar-refractivity contribution is 6.12. The molecule has 6 heteroatoms. The third-order valence-corrected chi connectivity index (χ3v) is 3.99. The second-order valence-electron chi connectivity index (χ2n) is 5.22. The molecule has 0 saturated heterocycles. The molecule has 6 nitrogen and oxygen atoms in total. The van der Waals surface area contributed by atoms with Crippen molar-refractivity contribution in [2.75, 3.05) is 5.32 Å². The lowest BCUT2D eigenvalue weighted by atomic mass is 9.72. The number of hydrogen-bond acceptors (Lipinski definition) is 4. The number of pyridine rings is 1. The highest BCUT2D eigenvalue weighted by Crippen LogP contribution is 2.37. The van der Waals surface area contributed by atoms with Crippen molar-refractivity contribution >= 4 is 17.4 Å². The Kier molecular flexibility index (Phi) is 4.22. The van der Waals surface area contributed by atoms with Gasteiger partial charge >= 0.3 is 0 Å². The molecule has 0 radical (unpaired) electrons. The minimum atomic E-state index is -0.907. The highest BCUT2D eigenvalue weighted by Gasteiger charge is 2.44. The van der Waals surface area contributed by atoms with Gasteiger partial charge in [0.1, 0.15) is 5.41 Å². The highest BCUT2D eigenvalue weighted by atomic mass is 16.4. The van der Waals surface area contributed by atoms with Crippen LogP contribution in [0.4, 0.5) is 5.69 Å². The van der Waals surface area contributed by atoms with Crippen molar-refractivity contribution in [3.05, 3.63) is 24.0 Å². The van der Waals surface area contributed by atoms with E-state index in [2.05, 4.69) is 15.5 Å². The van der Waals surface area contributed by atoms with E-state index >= 15 is 0 Å². The van der Waals surface area contributed by atoms with Crippen LogP contribution in [0.15, 0.2) is 23.5 Å². The molecule has 108 valence electrons. The minimum absolute atomic E-state index is 0.00348. The maximum atomic E-state index is 12.6. The van der Waals surface area contributed by atoms with Crippen molar-refractivity contribution in [1.82, 2.24) is 4.98 Å². The first-order valence-corrected chi connectivity index (χ1v) is 6.81. The van der Waals surface area contributed by atoms with E-state index in [1.165, 1.54) is 0 Å². The Hall–Kier alpha value is -2.11. The summed E-state index contributed by atoms with van der Waals surface area (Å²) in [5, 5.41) is 14.9. The first-order valence-electron chi connectivity index (χ1n) is 6.81. The number of oxime groups is 1. The predicted molar refractivity (Wildman–Crippen MR) is 76.5 cm³/mol. The van der Waals surface area contributed by atoms with Crippen LogP contribution in [0, 0.1) is 12.3 Å². The smallest absolute Gasteiger partial charge is 0.238 e. The molecule has 4 N–H and O–H groups in total. The van der Waals surface area contributed by atoms with Gasteiger partial charge in [0, 0.05) is 6.20 Å². The van der Waals surface area contributed by atoms with Crippen molar-refractivity contribution in [2.45, 2.75) is 39.0 Å². The molecular formula is C14H20N4O2. The lowest BCUT2D eigenvalue weighted by Gasteiger charge is -2.34. The third kappa shape index (κ3) is 2.59. The number of nitrogens with two attached hydrogens (primary N) is 1. The van der Waals surface area contributed by atoms with Gasteiger partial charge in [-0.3, -0.25) is 9.78 Å². The van der Waals surface area contributed by atoms with Gasteiger partial charge in [0.15, 0.2) is 5.84 Å². The minimum Gasteiger partial charge on any atom is -0.409 e. The number of aryl methyl sites for hydroxylation is 1. The maximum absolute atomic E-state index is 12.6. The van der Waals surface area contributed by atoms with Crippen molar-refractivity contribution in [3.63, 3.8) is 0 Å². The molecule has 0 spiro atoms. The van der Waals surface area contributed by atoms with E-state index < -0.39 is 5.41 Å². The van der Waals surface area contributed by atoms with E-state index in [-0.39, 0.29) is 11.7 Å². The van der Waals surface area contributed by atoms with Crippen LogP contribution in [0.1, 0.15) is 37.8 Å². The molecule has 1 amide bonds. The van der Waals surface area contributed by atoms with Crippen molar-refractivity contribution in [2.24, 2.45) is 16.3 Å². The van der Waals surface area contributed by atoms with Crippen LogP contribution < -0.4 is 11.1 Å². The number of carbonyl (C=O) groups is 1. The number of anilines is 1. The molecule has 20 heavy (non-hydrogen) atoms. The first-order chi connectivity index (χ1) is 9.60. The zero-order valence-electron chi connectivity index (χ0n) is 11.6. The van der Waals surface area contributed by atoms with Crippen LogP contribution >= 0.6 is 0 Å². The molecule has 1 aliphatic carbocycles. The molecule has 1 aromatic rings. The molecule has 1 aliphatic rings. The van der Waals surface area contributed by atoms with E-state index in [0.29, 0.717) is 18.5 Å². The van der Waals surface area contributed by atoms with Gasteiger partial charge in [0.05, 0.1) is 11.4 Å². The summed E-state index contributed by atoms with van der Waals surface area (Å²) < 4.78 is 0. The van der Waals surface area contributed by atoms with E-state index in [4.69, 9.17) is 10.9 Å². The Morgan fingerprint density at radius 3 is 2.75 bits per heavy atom. The molecule has 2 rings (SSSR count). The molecule has 1 heterocycles. The second kappa shape index (κ2) is 5.90. The Labute approximate surface area is 118 Å². The number of carbonyl (C=O) groups excluding carboxylic acids is 1. The molecule has 0 unspecified atom stereocenters. The average Bonchev–Trinajstić information content (AvgIpc) is 2.49. The Bertz CT molecular complexity index is 522. The van der Waals surface area contributed by atoms with Crippen molar-refractivity contribution < 1.29 is 10.0 Å². The molecular weight excluding hydrogens is 256 g/mol. The number of hydrogen-bond donors (Lipinski definition) is 3. The molecule has 0 aromatic carbocycles. The van der Waals surface area contributed by atoms with Crippen molar-refractivity contribution in [3.8, 4) is 0 Å². The van der Waals surface area contributed by atoms with E-state index in [1.54, 1.807) is 18.3 Å². The quantitative estimate of drug-likeness (QED) is 0.340. The van der Waals surface area contributed by atoms with Gasteiger partial charge in [0.2, 0.25) is 5.91 Å². The fraction of sp³-hybridized carbons (Fsp3) is 0.500. The number of amides is 1. The van der Waals surface area contributed by atoms with Gasteiger partial charge in [-0.2, -0.15) is 0 Å².